The zero-order valence-electron chi connectivity index (χ0n) is 17.4. The lowest BCUT2D eigenvalue weighted by Gasteiger charge is -2.37. The van der Waals surface area contributed by atoms with Gasteiger partial charge in [-0.3, -0.25) is 9.59 Å². The largest absolute Gasteiger partial charge is 0.481 e. The predicted octanol–water partition coefficient (Wildman–Crippen LogP) is 4.84. The zero-order valence-corrected chi connectivity index (χ0v) is 17.4. The Balaban J connectivity index is 1.57. The fraction of sp³-hybridized carbons (Fsp3) is 0.360. The Bertz CT molecular complexity index is 978. The van der Waals surface area contributed by atoms with Crippen molar-refractivity contribution < 1.29 is 14.7 Å². The molecule has 3 N–H and O–H groups in total. The number of carboxylic acid groups (broad SMARTS) is 1. The number of carbonyl (C=O) groups excluding carboxylic acids is 1. The van der Waals surface area contributed by atoms with Gasteiger partial charge in [0.1, 0.15) is 0 Å². The third-order valence-corrected chi connectivity index (χ3v) is 6.21. The number of allylic oxidation sites excluding steroid dienone is 2. The molecule has 156 valence electrons. The van der Waals surface area contributed by atoms with Gasteiger partial charge in [-0.1, -0.05) is 50.3 Å². The van der Waals surface area contributed by atoms with Crippen LogP contribution in [0.3, 0.4) is 0 Å². The summed E-state index contributed by atoms with van der Waals surface area (Å²) in [5.41, 5.74) is 5.39. The quantitative estimate of drug-likeness (QED) is 0.602. The Labute approximate surface area is 177 Å². The molecule has 30 heavy (non-hydrogen) atoms. The van der Waals surface area contributed by atoms with E-state index in [4.69, 9.17) is 5.11 Å². The highest BCUT2D eigenvalue weighted by atomic mass is 16.4. The van der Waals surface area contributed by atoms with Gasteiger partial charge in [-0.15, -0.1) is 0 Å². The zero-order chi connectivity index (χ0) is 21.3. The summed E-state index contributed by atoms with van der Waals surface area (Å²) in [6, 6.07) is 14.9. The number of fused-ring (bicyclic) bond motifs is 3. The molecule has 1 aliphatic heterocycles. The molecule has 0 saturated heterocycles. The monoisotopic (exact) mass is 404 g/mol. The number of benzene rings is 2. The van der Waals surface area contributed by atoms with Gasteiger partial charge in [-0.2, -0.15) is 0 Å². The lowest BCUT2D eigenvalue weighted by Crippen LogP contribution is -2.30. The fourth-order valence-corrected chi connectivity index (χ4v) is 4.54. The second-order valence-corrected chi connectivity index (χ2v) is 8.50. The Kier molecular flexibility index (Phi) is 5.62. The molecule has 0 unspecified atom stereocenters. The van der Waals surface area contributed by atoms with Crippen LogP contribution in [0.25, 0.3) is 0 Å². The summed E-state index contributed by atoms with van der Waals surface area (Å²) >= 11 is 0. The fourth-order valence-electron chi connectivity index (χ4n) is 4.54. The molecule has 0 spiro atoms. The highest BCUT2D eigenvalue weighted by Crippen LogP contribution is 2.50. The summed E-state index contributed by atoms with van der Waals surface area (Å²) < 4.78 is 0. The topological polar surface area (TPSA) is 78.4 Å². The van der Waals surface area contributed by atoms with Crippen molar-refractivity contribution in [2.24, 2.45) is 5.92 Å². The molecule has 2 aromatic carbocycles. The van der Waals surface area contributed by atoms with E-state index in [2.05, 4.69) is 60.9 Å². The number of carbonyl (C=O) groups is 2. The average molecular weight is 405 g/mol. The van der Waals surface area contributed by atoms with E-state index in [1.54, 1.807) is 6.07 Å². The molecule has 3 atom stereocenters. The molecule has 2 aliphatic rings. The number of carboxylic acids is 1. The maximum atomic E-state index is 12.4. The molecule has 0 radical (unpaired) electrons. The number of hydrogen-bond donors (Lipinski definition) is 3. The summed E-state index contributed by atoms with van der Waals surface area (Å²) in [4.78, 5) is 23.1. The minimum atomic E-state index is -0.920. The molecule has 2 aromatic rings. The van der Waals surface area contributed by atoms with Crippen molar-refractivity contribution in [3.63, 3.8) is 0 Å². The second kappa shape index (κ2) is 8.34. The molecule has 0 aromatic heterocycles. The lowest BCUT2D eigenvalue weighted by molar-refractivity contribution is -0.136. The van der Waals surface area contributed by atoms with Crippen molar-refractivity contribution in [3.05, 3.63) is 76.9 Å². The van der Waals surface area contributed by atoms with Crippen LogP contribution in [0.5, 0.6) is 0 Å². The molecule has 0 saturated carbocycles. The number of aliphatic carboxylic acids is 1. The first-order valence-corrected chi connectivity index (χ1v) is 10.6. The highest BCUT2D eigenvalue weighted by Gasteiger charge is 2.38. The molecule has 5 nitrogen and oxygen atoms in total. The summed E-state index contributed by atoms with van der Waals surface area (Å²) in [5.74, 6) is 0.0379. The van der Waals surface area contributed by atoms with Gasteiger partial charge in [-0.25, -0.2) is 0 Å². The first-order chi connectivity index (χ1) is 14.4. The molecular weight excluding hydrogens is 376 g/mol. The Morgan fingerprint density at radius 2 is 1.93 bits per heavy atom. The van der Waals surface area contributed by atoms with Crippen molar-refractivity contribution in [1.29, 1.82) is 0 Å². The van der Waals surface area contributed by atoms with Crippen LogP contribution < -0.4 is 10.6 Å². The van der Waals surface area contributed by atoms with Crippen LogP contribution in [0, 0.1) is 5.92 Å². The van der Waals surface area contributed by atoms with Gasteiger partial charge in [0.15, 0.2) is 0 Å². The molecule has 1 heterocycles. The summed E-state index contributed by atoms with van der Waals surface area (Å²) in [6.45, 7) is 4.54. The number of anilines is 1. The molecule has 0 fully saturated rings. The Hall–Kier alpha value is -3.08. The van der Waals surface area contributed by atoms with Crippen LogP contribution >= 0.6 is 0 Å². The van der Waals surface area contributed by atoms with E-state index in [0.717, 1.165) is 17.7 Å². The van der Waals surface area contributed by atoms with Gasteiger partial charge in [0.2, 0.25) is 0 Å². The molecule has 4 rings (SSSR count). The first kappa shape index (κ1) is 20.2. The van der Waals surface area contributed by atoms with Gasteiger partial charge in [0.25, 0.3) is 5.91 Å². The van der Waals surface area contributed by atoms with Gasteiger partial charge < -0.3 is 15.7 Å². The average Bonchev–Trinajstić information content (AvgIpc) is 3.23. The van der Waals surface area contributed by atoms with E-state index in [0.29, 0.717) is 17.4 Å². The number of amides is 1. The van der Waals surface area contributed by atoms with Gasteiger partial charge in [-0.05, 0) is 53.1 Å². The Morgan fingerprint density at radius 1 is 1.17 bits per heavy atom. The van der Waals surface area contributed by atoms with Crippen molar-refractivity contribution in [2.45, 2.75) is 44.6 Å². The standard InChI is InChI=1S/C25H28N2O3/c1-15(2)16-6-8-17(9-7-16)24-20-5-3-4-19(20)21-14-18(10-11-22(21)27-24)25(30)26-13-12-23(28)29/h3-4,6-11,14-15,19-20,24,27H,5,12-13H2,1-2H3,(H,26,30)(H,28,29)/t19-,20-,24-/m1/s1. The van der Waals surface area contributed by atoms with Crippen molar-refractivity contribution in [2.75, 3.05) is 11.9 Å². The summed E-state index contributed by atoms with van der Waals surface area (Å²) in [7, 11) is 0. The maximum absolute atomic E-state index is 12.4. The third kappa shape index (κ3) is 3.97. The van der Waals surface area contributed by atoms with E-state index < -0.39 is 5.97 Å². The van der Waals surface area contributed by atoms with E-state index >= 15 is 0 Å². The number of rotatable bonds is 6. The smallest absolute Gasteiger partial charge is 0.305 e. The predicted molar refractivity (Wildman–Crippen MR) is 118 cm³/mol. The van der Waals surface area contributed by atoms with Gasteiger partial charge >= 0.3 is 5.97 Å². The maximum Gasteiger partial charge on any atom is 0.305 e. The van der Waals surface area contributed by atoms with Crippen molar-refractivity contribution >= 4 is 17.6 Å². The molecular formula is C25H28N2O3. The Morgan fingerprint density at radius 3 is 2.63 bits per heavy atom. The van der Waals surface area contributed by atoms with Gasteiger partial charge in [0.05, 0.1) is 12.5 Å². The van der Waals surface area contributed by atoms with Crippen LogP contribution in [-0.2, 0) is 4.79 Å². The lowest BCUT2D eigenvalue weighted by atomic mass is 9.76. The third-order valence-electron chi connectivity index (χ3n) is 6.21. The molecule has 1 aliphatic carbocycles. The van der Waals surface area contributed by atoms with E-state index in [1.165, 1.54) is 11.1 Å². The highest BCUT2D eigenvalue weighted by molar-refractivity contribution is 5.95. The summed E-state index contributed by atoms with van der Waals surface area (Å²) in [6.07, 6.45) is 5.42. The van der Waals surface area contributed by atoms with Crippen LogP contribution in [0.15, 0.2) is 54.6 Å². The van der Waals surface area contributed by atoms with Crippen LogP contribution in [0.1, 0.15) is 71.6 Å². The minimum absolute atomic E-state index is 0.0804. The van der Waals surface area contributed by atoms with Gasteiger partial charge in [0, 0.05) is 23.7 Å². The van der Waals surface area contributed by atoms with Crippen LogP contribution in [0.4, 0.5) is 5.69 Å². The van der Waals surface area contributed by atoms with E-state index in [9.17, 15) is 9.59 Å². The molecule has 1 amide bonds. The van der Waals surface area contributed by atoms with Crippen LogP contribution in [-0.4, -0.2) is 23.5 Å². The second-order valence-electron chi connectivity index (χ2n) is 8.50. The van der Waals surface area contributed by atoms with E-state index in [-0.39, 0.29) is 30.8 Å². The van der Waals surface area contributed by atoms with Crippen molar-refractivity contribution in [3.8, 4) is 0 Å². The molecule has 5 heteroatoms. The summed E-state index contributed by atoms with van der Waals surface area (Å²) in [5, 5.41) is 15.1. The normalized spacial score (nSPS) is 21.6. The molecule has 0 bridgehead atoms. The van der Waals surface area contributed by atoms with Crippen LogP contribution in [0.2, 0.25) is 0 Å². The number of hydrogen-bond acceptors (Lipinski definition) is 3. The first-order valence-electron chi connectivity index (χ1n) is 10.6. The minimum Gasteiger partial charge on any atom is -0.481 e. The van der Waals surface area contributed by atoms with E-state index in [1.807, 2.05) is 12.1 Å². The van der Waals surface area contributed by atoms with Crippen molar-refractivity contribution in [1.82, 2.24) is 5.32 Å². The SMILES string of the molecule is CC(C)c1ccc([C@H]2Nc3ccc(C(=O)NCCC(=O)O)cc3[C@@H]3C=CC[C@@H]23)cc1. The number of nitrogens with one attached hydrogen (secondary N) is 2.